The van der Waals surface area contributed by atoms with Crippen LogP contribution in [0.3, 0.4) is 0 Å². The summed E-state index contributed by atoms with van der Waals surface area (Å²) in [5, 5.41) is 0.502. The highest BCUT2D eigenvalue weighted by Crippen LogP contribution is 2.45. The van der Waals surface area contributed by atoms with E-state index in [9.17, 15) is 4.79 Å². The van der Waals surface area contributed by atoms with Gasteiger partial charge in [0.1, 0.15) is 0 Å². The molecule has 17 heavy (non-hydrogen) atoms. The van der Waals surface area contributed by atoms with Crippen LogP contribution in [0.4, 0.5) is 0 Å². The van der Waals surface area contributed by atoms with E-state index in [1.807, 2.05) is 12.1 Å². The lowest BCUT2D eigenvalue weighted by atomic mass is 10.1. The molecule has 1 aliphatic carbocycles. The second-order valence-corrected chi connectivity index (χ2v) is 5.25. The fraction of sp³-hybridized carbons (Fsp3) is 0.462. The summed E-state index contributed by atoms with van der Waals surface area (Å²) in [6.45, 7) is 1.36. The van der Waals surface area contributed by atoms with Crippen LogP contribution in [0, 0.1) is 5.41 Å². The summed E-state index contributed by atoms with van der Waals surface area (Å²) < 4.78 is 0. The number of hydrogen-bond donors (Lipinski definition) is 1. The van der Waals surface area contributed by atoms with Gasteiger partial charge in [-0.3, -0.25) is 4.79 Å². The molecule has 0 saturated heterocycles. The van der Waals surface area contributed by atoms with Crippen molar-refractivity contribution < 1.29 is 4.79 Å². The highest BCUT2D eigenvalue weighted by Gasteiger charge is 2.42. The number of nitrogens with two attached hydrogens (primary N) is 1. The van der Waals surface area contributed by atoms with Crippen LogP contribution in [0.1, 0.15) is 23.2 Å². The standard InChI is InChI=1S/C13H17ClN2O/c1-16(9-13(8-15)6-7-13)12(17)10-4-2-3-5-11(10)14/h2-5H,6-9,15H2,1H3. The first kappa shape index (κ1) is 12.4. The molecule has 1 saturated carbocycles. The van der Waals surface area contributed by atoms with Crippen LogP contribution in [0.5, 0.6) is 0 Å². The number of halogens is 1. The third kappa shape index (κ3) is 2.61. The maximum Gasteiger partial charge on any atom is 0.255 e. The molecule has 0 aromatic heterocycles. The summed E-state index contributed by atoms with van der Waals surface area (Å²) in [6.07, 6.45) is 2.23. The van der Waals surface area contributed by atoms with Crippen LogP contribution in [0.25, 0.3) is 0 Å². The molecule has 1 amide bonds. The summed E-state index contributed by atoms with van der Waals surface area (Å²) in [5.41, 5.74) is 6.44. The Kier molecular flexibility index (Phi) is 3.40. The number of benzene rings is 1. The van der Waals surface area contributed by atoms with Gasteiger partial charge < -0.3 is 10.6 Å². The van der Waals surface area contributed by atoms with Gasteiger partial charge in [0, 0.05) is 19.0 Å². The Morgan fingerprint density at radius 1 is 1.47 bits per heavy atom. The molecule has 0 radical (unpaired) electrons. The van der Waals surface area contributed by atoms with E-state index < -0.39 is 0 Å². The van der Waals surface area contributed by atoms with Crippen LogP contribution < -0.4 is 5.73 Å². The van der Waals surface area contributed by atoms with Gasteiger partial charge in [0.05, 0.1) is 10.6 Å². The van der Waals surface area contributed by atoms with Gasteiger partial charge in [0.2, 0.25) is 0 Å². The fourth-order valence-electron chi connectivity index (χ4n) is 2.02. The van der Waals surface area contributed by atoms with Crippen LogP contribution in [-0.2, 0) is 0 Å². The molecular formula is C13H17ClN2O. The quantitative estimate of drug-likeness (QED) is 0.893. The van der Waals surface area contributed by atoms with Crippen molar-refractivity contribution in [2.75, 3.05) is 20.1 Å². The zero-order chi connectivity index (χ0) is 12.5. The van der Waals surface area contributed by atoms with E-state index in [1.54, 1.807) is 24.1 Å². The predicted octanol–water partition coefficient (Wildman–Crippen LogP) is 2.15. The summed E-state index contributed by atoms with van der Waals surface area (Å²) in [6, 6.07) is 7.13. The molecule has 0 spiro atoms. The second-order valence-electron chi connectivity index (χ2n) is 4.85. The lowest BCUT2D eigenvalue weighted by molar-refractivity contribution is 0.0766. The van der Waals surface area contributed by atoms with Crippen molar-refractivity contribution in [3.8, 4) is 0 Å². The van der Waals surface area contributed by atoms with Gasteiger partial charge in [0.25, 0.3) is 5.91 Å². The second kappa shape index (κ2) is 4.67. The molecule has 0 atom stereocenters. The van der Waals surface area contributed by atoms with E-state index >= 15 is 0 Å². The largest absolute Gasteiger partial charge is 0.341 e. The number of carbonyl (C=O) groups excluding carboxylic acids is 1. The summed E-state index contributed by atoms with van der Waals surface area (Å²) >= 11 is 6.01. The molecule has 3 nitrogen and oxygen atoms in total. The van der Waals surface area contributed by atoms with Gasteiger partial charge in [0.15, 0.2) is 0 Å². The van der Waals surface area contributed by atoms with Gasteiger partial charge in [-0.15, -0.1) is 0 Å². The van der Waals surface area contributed by atoms with Gasteiger partial charge >= 0.3 is 0 Å². The zero-order valence-corrected chi connectivity index (χ0v) is 10.7. The minimum Gasteiger partial charge on any atom is -0.341 e. The first-order chi connectivity index (χ1) is 8.08. The Hall–Kier alpha value is -1.06. The maximum atomic E-state index is 12.2. The Balaban J connectivity index is 2.07. The Morgan fingerprint density at radius 2 is 2.12 bits per heavy atom. The number of nitrogens with zero attached hydrogens (tertiary/aromatic N) is 1. The highest BCUT2D eigenvalue weighted by molar-refractivity contribution is 6.33. The number of hydrogen-bond acceptors (Lipinski definition) is 2. The Labute approximate surface area is 107 Å². The monoisotopic (exact) mass is 252 g/mol. The Bertz CT molecular complexity index is 429. The molecule has 0 unspecified atom stereocenters. The normalized spacial score (nSPS) is 16.6. The van der Waals surface area contributed by atoms with E-state index in [1.165, 1.54) is 0 Å². The van der Waals surface area contributed by atoms with Crippen LogP contribution in [-0.4, -0.2) is 30.9 Å². The molecule has 0 heterocycles. The third-order valence-electron chi connectivity index (χ3n) is 3.41. The summed E-state index contributed by atoms with van der Waals surface area (Å²) in [4.78, 5) is 13.9. The number of amides is 1. The molecule has 0 aliphatic heterocycles. The first-order valence-corrected chi connectivity index (χ1v) is 6.16. The summed E-state index contributed by atoms with van der Waals surface area (Å²) in [7, 11) is 1.81. The fourth-order valence-corrected chi connectivity index (χ4v) is 2.24. The zero-order valence-electron chi connectivity index (χ0n) is 9.95. The minimum absolute atomic E-state index is 0.0321. The molecule has 4 heteroatoms. The van der Waals surface area contributed by atoms with E-state index in [2.05, 4.69) is 0 Å². The Morgan fingerprint density at radius 3 is 2.65 bits per heavy atom. The third-order valence-corrected chi connectivity index (χ3v) is 3.74. The average Bonchev–Trinajstić information content (AvgIpc) is 3.09. The van der Waals surface area contributed by atoms with Crippen molar-refractivity contribution in [2.24, 2.45) is 11.1 Å². The smallest absolute Gasteiger partial charge is 0.255 e. The molecule has 2 N–H and O–H groups in total. The maximum absolute atomic E-state index is 12.2. The van der Waals surface area contributed by atoms with Crippen LogP contribution in [0.15, 0.2) is 24.3 Å². The lowest BCUT2D eigenvalue weighted by Gasteiger charge is -2.23. The molecular weight excluding hydrogens is 236 g/mol. The van der Waals surface area contributed by atoms with Crippen molar-refractivity contribution in [1.29, 1.82) is 0 Å². The van der Waals surface area contributed by atoms with E-state index in [-0.39, 0.29) is 11.3 Å². The molecule has 1 aromatic carbocycles. The minimum atomic E-state index is -0.0321. The molecule has 1 aliphatic rings. The SMILES string of the molecule is CN(CC1(CN)CC1)C(=O)c1ccccc1Cl. The number of rotatable bonds is 4. The molecule has 92 valence electrons. The van der Waals surface area contributed by atoms with E-state index in [0.717, 1.165) is 12.8 Å². The van der Waals surface area contributed by atoms with Crippen molar-refractivity contribution in [3.05, 3.63) is 34.9 Å². The van der Waals surface area contributed by atoms with E-state index in [4.69, 9.17) is 17.3 Å². The average molecular weight is 253 g/mol. The molecule has 0 bridgehead atoms. The van der Waals surface area contributed by atoms with Crippen LogP contribution >= 0.6 is 11.6 Å². The lowest BCUT2D eigenvalue weighted by Crippen LogP contribution is -2.35. The predicted molar refractivity (Wildman–Crippen MR) is 69.1 cm³/mol. The van der Waals surface area contributed by atoms with Crippen molar-refractivity contribution in [3.63, 3.8) is 0 Å². The van der Waals surface area contributed by atoms with Gasteiger partial charge in [-0.05, 0) is 31.5 Å². The number of carbonyl (C=O) groups is 1. The van der Waals surface area contributed by atoms with Gasteiger partial charge in [-0.2, -0.15) is 0 Å². The molecule has 1 aromatic rings. The van der Waals surface area contributed by atoms with Crippen molar-refractivity contribution in [2.45, 2.75) is 12.8 Å². The first-order valence-electron chi connectivity index (χ1n) is 5.78. The van der Waals surface area contributed by atoms with Gasteiger partial charge in [-0.1, -0.05) is 23.7 Å². The van der Waals surface area contributed by atoms with Gasteiger partial charge in [-0.25, -0.2) is 0 Å². The van der Waals surface area contributed by atoms with E-state index in [0.29, 0.717) is 23.7 Å². The van der Waals surface area contributed by atoms with Crippen molar-refractivity contribution >= 4 is 17.5 Å². The van der Waals surface area contributed by atoms with Crippen molar-refractivity contribution in [1.82, 2.24) is 4.90 Å². The van der Waals surface area contributed by atoms with Crippen LogP contribution in [0.2, 0.25) is 5.02 Å². The summed E-state index contributed by atoms with van der Waals surface area (Å²) in [5.74, 6) is -0.0321. The topological polar surface area (TPSA) is 46.3 Å². The molecule has 1 fully saturated rings. The highest BCUT2D eigenvalue weighted by atomic mass is 35.5. The molecule has 2 rings (SSSR count).